The van der Waals surface area contributed by atoms with Crippen LogP contribution in [0.2, 0.25) is 0 Å². The summed E-state index contributed by atoms with van der Waals surface area (Å²) in [7, 11) is 0. The van der Waals surface area contributed by atoms with Crippen LogP contribution in [-0.4, -0.2) is 18.0 Å². The Morgan fingerprint density at radius 1 is 1.29 bits per heavy atom. The van der Waals surface area contributed by atoms with Gasteiger partial charge < -0.3 is 20.0 Å². The molecule has 24 heavy (non-hydrogen) atoms. The maximum absolute atomic E-state index is 11.6. The van der Waals surface area contributed by atoms with E-state index in [4.69, 9.17) is 4.74 Å². The topological polar surface area (TPSA) is 78.5 Å². The number of carbonyl (C=O) groups excluding carboxylic acids is 2. The van der Waals surface area contributed by atoms with E-state index in [0.29, 0.717) is 18.4 Å². The van der Waals surface area contributed by atoms with Crippen molar-refractivity contribution in [2.45, 2.75) is 58.2 Å². The summed E-state index contributed by atoms with van der Waals surface area (Å²) in [5.74, 6) is -0.819. The van der Waals surface area contributed by atoms with Gasteiger partial charge in [-0.15, -0.1) is 0 Å². The van der Waals surface area contributed by atoms with Crippen molar-refractivity contribution in [3.8, 4) is 0 Å². The Bertz CT molecular complexity index is 550. The summed E-state index contributed by atoms with van der Waals surface area (Å²) in [4.78, 5) is 22.0. The van der Waals surface area contributed by atoms with Crippen LogP contribution in [0.15, 0.2) is 24.3 Å². The van der Waals surface area contributed by atoms with E-state index in [1.807, 2.05) is 18.2 Å². The molecule has 0 aromatic heterocycles. The van der Waals surface area contributed by atoms with Gasteiger partial charge in [0.2, 0.25) is 5.91 Å². The number of hydrogen-bond donors (Lipinski definition) is 1. The molecule has 0 radical (unpaired) electrons. The molecule has 1 fully saturated rings. The van der Waals surface area contributed by atoms with Crippen LogP contribution in [0.1, 0.15) is 51.0 Å². The van der Waals surface area contributed by atoms with Gasteiger partial charge in [0.25, 0.3) is 0 Å². The fourth-order valence-corrected chi connectivity index (χ4v) is 2.92. The first kappa shape index (κ1) is 21.2. The molecule has 2 atom stereocenters. The van der Waals surface area contributed by atoms with Gasteiger partial charge in [-0.05, 0) is 42.9 Å². The smallest absolute Gasteiger partial charge is 0.550 e. The normalized spacial score (nSPS) is 20.0. The number of anilines is 1. The summed E-state index contributed by atoms with van der Waals surface area (Å²) in [6.45, 7) is 2.79. The Morgan fingerprint density at radius 3 is 2.79 bits per heavy atom. The van der Waals surface area contributed by atoms with Crippen molar-refractivity contribution >= 4 is 17.6 Å². The maximum atomic E-state index is 11.6. The van der Waals surface area contributed by atoms with Gasteiger partial charge in [-0.2, -0.15) is 0 Å². The number of carboxylic acid groups (broad SMARTS) is 1. The number of carbonyl (C=O) groups is 2. The van der Waals surface area contributed by atoms with E-state index in [1.54, 1.807) is 6.07 Å². The van der Waals surface area contributed by atoms with E-state index < -0.39 is 5.97 Å². The average Bonchev–Trinajstić information content (AvgIpc) is 2.51. The van der Waals surface area contributed by atoms with E-state index in [0.717, 1.165) is 24.3 Å². The number of amides is 1. The van der Waals surface area contributed by atoms with Gasteiger partial charge in [0, 0.05) is 18.1 Å². The maximum Gasteiger partial charge on any atom is 1.00 e. The summed E-state index contributed by atoms with van der Waals surface area (Å²) in [6, 6.07) is 7.46. The molecule has 0 heterocycles. The Kier molecular flexibility index (Phi) is 9.59. The fraction of sp³-hybridized carbons (Fsp3) is 0.556. The minimum Gasteiger partial charge on any atom is -0.550 e. The van der Waals surface area contributed by atoms with Crippen molar-refractivity contribution in [3.05, 3.63) is 29.8 Å². The monoisotopic (exact) mass is 341 g/mol. The number of ether oxygens (including phenoxy) is 1. The van der Waals surface area contributed by atoms with Crippen LogP contribution in [0, 0.1) is 5.92 Å². The summed E-state index contributed by atoms with van der Waals surface area (Å²) >= 11 is 0. The third kappa shape index (κ3) is 7.79. The summed E-state index contributed by atoms with van der Waals surface area (Å²) in [5, 5.41) is 13.1. The molecule has 2 unspecified atom stereocenters. The van der Waals surface area contributed by atoms with E-state index in [-0.39, 0.29) is 48.3 Å². The first-order valence-electron chi connectivity index (χ1n) is 8.23. The second-order valence-electron chi connectivity index (χ2n) is 6.33. The Labute approximate surface area is 165 Å². The fourth-order valence-electron chi connectivity index (χ4n) is 2.92. The Hall–Kier alpha value is -0.880. The standard InChI is InChI=1S/C18H25NO4.Na/c1-13-4-2-7-16(10-13)23-12-14-5-3-6-15(11-14)19-17(20)8-9-18(21)22;/h3,5-6,11,13,16H,2,4,7-10,12H2,1H3,(H,19,20)(H,21,22);/q;+1/p-1. The number of aliphatic carboxylic acids is 1. The van der Waals surface area contributed by atoms with Crippen molar-refractivity contribution in [2.24, 2.45) is 5.92 Å². The number of benzene rings is 1. The van der Waals surface area contributed by atoms with Gasteiger partial charge in [0.05, 0.1) is 12.7 Å². The van der Waals surface area contributed by atoms with Gasteiger partial charge in [-0.1, -0.05) is 31.9 Å². The molecular formula is C18H24NNaO4. The average molecular weight is 341 g/mol. The van der Waals surface area contributed by atoms with Crippen molar-refractivity contribution in [1.29, 1.82) is 0 Å². The first-order chi connectivity index (χ1) is 11.0. The van der Waals surface area contributed by atoms with E-state index >= 15 is 0 Å². The predicted octanol–water partition coefficient (Wildman–Crippen LogP) is -0.745. The summed E-state index contributed by atoms with van der Waals surface area (Å²) < 4.78 is 5.98. The van der Waals surface area contributed by atoms with Crippen molar-refractivity contribution < 1.29 is 49.0 Å². The SMILES string of the molecule is CC1CCCC(OCc2cccc(NC(=O)CCC(=O)[O-])c2)C1.[Na+]. The third-order valence-corrected chi connectivity index (χ3v) is 4.14. The molecule has 1 aliphatic rings. The van der Waals surface area contributed by atoms with E-state index in [1.165, 1.54) is 12.8 Å². The molecule has 126 valence electrons. The van der Waals surface area contributed by atoms with Crippen LogP contribution >= 0.6 is 0 Å². The molecule has 0 saturated heterocycles. The molecule has 1 aliphatic carbocycles. The van der Waals surface area contributed by atoms with Gasteiger partial charge in [0.15, 0.2) is 0 Å². The van der Waals surface area contributed by atoms with E-state index in [9.17, 15) is 14.7 Å². The third-order valence-electron chi connectivity index (χ3n) is 4.14. The molecule has 0 spiro atoms. The summed E-state index contributed by atoms with van der Waals surface area (Å²) in [5.41, 5.74) is 1.66. The zero-order valence-corrected chi connectivity index (χ0v) is 16.5. The van der Waals surface area contributed by atoms with Crippen LogP contribution in [0.25, 0.3) is 0 Å². The van der Waals surface area contributed by atoms with Gasteiger partial charge in [-0.3, -0.25) is 4.79 Å². The van der Waals surface area contributed by atoms with Crippen LogP contribution in [0.3, 0.4) is 0 Å². The van der Waals surface area contributed by atoms with Crippen molar-refractivity contribution in [1.82, 2.24) is 0 Å². The molecule has 1 aromatic carbocycles. The largest absolute Gasteiger partial charge is 1.00 e. The van der Waals surface area contributed by atoms with Crippen LogP contribution in [-0.2, 0) is 20.9 Å². The second-order valence-corrected chi connectivity index (χ2v) is 6.33. The van der Waals surface area contributed by atoms with Crippen molar-refractivity contribution in [3.63, 3.8) is 0 Å². The molecule has 2 rings (SSSR count). The molecule has 1 amide bonds. The minimum atomic E-state index is -1.22. The summed E-state index contributed by atoms with van der Waals surface area (Å²) in [6.07, 6.45) is 4.70. The predicted molar refractivity (Wildman–Crippen MR) is 85.5 cm³/mol. The van der Waals surface area contributed by atoms with Crippen LogP contribution in [0.4, 0.5) is 5.69 Å². The number of nitrogens with one attached hydrogen (secondary N) is 1. The Morgan fingerprint density at radius 2 is 2.08 bits per heavy atom. The van der Waals surface area contributed by atoms with Gasteiger partial charge in [-0.25, -0.2) is 0 Å². The first-order valence-corrected chi connectivity index (χ1v) is 8.23. The molecule has 1 saturated carbocycles. The number of hydrogen-bond acceptors (Lipinski definition) is 4. The van der Waals surface area contributed by atoms with Crippen LogP contribution < -0.4 is 40.0 Å². The molecular weight excluding hydrogens is 317 g/mol. The quantitative estimate of drug-likeness (QED) is 0.662. The van der Waals surface area contributed by atoms with Crippen LogP contribution in [0.5, 0.6) is 0 Å². The van der Waals surface area contributed by atoms with Gasteiger partial charge in [0.1, 0.15) is 0 Å². The Balaban J connectivity index is 0.00000288. The number of rotatable bonds is 7. The van der Waals surface area contributed by atoms with Gasteiger partial charge >= 0.3 is 29.6 Å². The second kappa shape index (κ2) is 10.9. The zero-order chi connectivity index (χ0) is 16.7. The molecule has 1 aromatic rings. The minimum absolute atomic E-state index is 0. The molecule has 1 N–H and O–H groups in total. The zero-order valence-electron chi connectivity index (χ0n) is 14.5. The molecule has 0 bridgehead atoms. The molecule has 6 heteroatoms. The van der Waals surface area contributed by atoms with E-state index in [2.05, 4.69) is 12.2 Å². The molecule has 0 aliphatic heterocycles. The number of carboxylic acids is 1. The molecule has 5 nitrogen and oxygen atoms in total. The van der Waals surface area contributed by atoms with Crippen molar-refractivity contribution in [2.75, 3.05) is 5.32 Å².